The summed E-state index contributed by atoms with van der Waals surface area (Å²) >= 11 is 0. The van der Waals surface area contributed by atoms with Crippen LogP contribution in [0.5, 0.6) is 0 Å². The third-order valence-corrected chi connectivity index (χ3v) is 10.3. The number of fused-ring (bicyclic) bond motifs is 2. The van der Waals surface area contributed by atoms with Crippen molar-refractivity contribution in [3.63, 3.8) is 0 Å². The summed E-state index contributed by atoms with van der Waals surface area (Å²) in [6, 6.07) is 12.8. The summed E-state index contributed by atoms with van der Waals surface area (Å²) in [6.07, 6.45) is -1.99. The number of amides is 2. The molecule has 2 fully saturated rings. The van der Waals surface area contributed by atoms with E-state index in [1.54, 1.807) is 13.0 Å². The van der Waals surface area contributed by atoms with Crippen molar-refractivity contribution >= 4 is 33.3 Å². The minimum absolute atomic E-state index is 0.0467. The quantitative estimate of drug-likeness (QED) is 0.187. The molecule has 2 saturated heterocycles. The standard InChI is InChI=1S/C33H44N4O9S/c1-20(2)17-37(47(42,43)23-9-10-26-25(16-23)30(31(40)35-26)21(3)34-12-13-38)18-28(39)27(15-22-7-5-4-6-8-22)36-33(41)46-29-19-45-32-24(29)11-14-44-32/h4-10,16,20,24,27-29,32,34,38-39H,11-15,17-19H2,1-3H3,(H,35,40)(H,36,41). The number of nitrogens with zero attached hydrogens (tertiary/aromatic N) is 1. The van der Waals surface area contributed by atoms with Crippen molar-refractivity contribution in [2.75, 3.05) is 44.8 Å². The fraction of sp³-hybridized carbons (Fsp3) is 0.515. The molecule has 0 saturated carbocycles. The second-order valence-corrected chi connectivity index (χ2v) is 14.4. The van der Waals surface area contributed by atoms with Crippen LogP contribution in [-0.2, 0) is 35.4 Å². The predicted molar refractivity (Wildman–Crippen MR) is 173 cm³/mol. The van der Waals surface area contributed by atoms with Crippen LogP contribution in [0, 0.1) is 11.8 Å². The summed E-state index contributed by atoms with van der Waals surface area (Å²) < 4.78 is 46.4. The number of hydrogen-bond donors (Lipinski definition) is 5. The van der Waals surface area contributed by atoms with E-state index in [0.717, 1.165) is 5.56 Å². The van der Waals surface area contributed by atoms with Gasteiger partial charge in [-0.15, -0.1) is 0 Å². The Balaban J connectivity index is 1.38. The van der Waals surface area contributed by atoms with Gasteiger partial charge in [-0.1, -0.05) is 44.2 Å². The molecule has 0 aliphatic carbocycles. The van der Waals surface area contributed by atoms with E-state index in [2.05, 4.69) is 16.0 Å². The second-order valence-electron chi connectivity index (χ2n) is 12.5. The van der Waals surface area contributed by atoms with Crippen LogP contribution >= 0.6 is 0 Å². The van der Waals surface area contributed by atoms with E-state index in [4.69, 9.17) is 14.2 Å². The minimum Gasteiger partial charge on any atom is -0.443 e. The zero-order valence-electron chi connectivity index (χ0n) is 26.8. The monoisotopic (exact) mass is 672 g/mol. The van der Waals surface area contributed by atoms with E-state index in [0.29, 0.717) is 30.0 Å². The second kappa shape index (κ2) is 15.1. The topological polar surface area (TPSA) is 176 Å². The number of aliphatic hydroxyl groups excluding tert-OH is 2. The summed E-state index contributed by atoms with van der Waals surface area (Å²) in [6.45, 7) is 6.05. The number of rotatable bonds is 14. The molecule has 3 aliphatic heterocycles. The van der Waals surface area contributed by atoms with Crippen molar-refractivity contribution < 1.29 is 42.4 Å². The van der Waals surface area contributed by atoms with Gasteiger partial charge in [-0.2, -0.15) is 4.31 Å². The normalized spacial score (nSPS) is 22.9. The Morgan fingerprint density at radius 2 is 1.91 bits per heavy atom. The van der Waals surface area contributed by atoms with Crippen LogP contribution in [0.25, 0.3) is 5.57 Å². The molecule has 5 N–H and O–H groups in total. The lowest BCUT2D eigenvalue weighted by Gasteiger charge is -2.31. The summed E-state index contributed by atoms with van der Waals surface area (Å²) in [7, 11) is -4.18. The van der Waals surface area contributed by atoms with Gasteiger partial charge in [-0.3, -0.25) is 4.79 Å². The number of benzene rings is 2. The molecule has 5 unspecified atom stereocenters. The van der Waals surface area contributed by atoms with Gasteiger partial charge in [0.1, 0.15) is 6.10 Å². The smallest absolute Gasteiger partial charge is 0.407 e. The van der Waals surface area contributed by atoms with Crippen molar-refractivity contribution in [3.05, 3.63) is 65.4 Å². The van der Waals surface area contributed by atoms with Crippen LogP contribution in [0.4, 0.5) is 10.5 Å². The highest BCUT2D eigenvalue weighted by Gasteiger charge is 2.44. The van der Waals surface area contributed by atoms with Crippen LogP contribution in [0.15, 0.2) is 59.1 Å². The number of alkyl carbamates (subject to hydrolysis) is 1. The maximum absolute atomic E-state index is 14.2. The fourth-order valence-corrected chi connectivity index (χ4v) is 7.84. The van der Waals surface area contributed by atoms with Gasteiger partial charge in [0.25, 0.3) is 5.91 Å². The lowest BCUT2D eigenvalue weighted by molar-refractivity contribution is -0.110. The van der Waals surface area contributed by atoms with Crippen LogP contribution in [0.3, 0.4) is 0 Å². The molecule has 0 aromatic heterocycles. The molecule has 0 bridgehead atoms. The van der Waals surface area contributed by atoms with E-state index in [1.807, 2.05) is 44.2 Å². The number of carbonyl (C=O) groups is 2. The molecule has 47 heavy (non-hydrogen) atoms. The Bertz CT molecular complexity index is 1570. The maximum Gasteiger partial charge on any atom is 0.407 e. The van der Waals surface area contributed by atoms with E-state index < -0.39 is 40.7 Å². The number of sulfonamides is 1. The maximum atomic E-state index is 14.2. The Labute approximate surface area is 275 Å². The first-order valence-electron chi connectivity index (χ1n) is 15.9. The van der Waals surface area contributed by atoms with Crippen molar-refractivity contribution in [1.82, 2.24) is 14.9 Å². The lowest BCUT2D eigenvalue weighted by atomic mass is 10.0. The first-order chi connectivity index (χ1) is 22.5. The molecule has 256 valence electrons. The van der Waals surface area contributed by atoms with Crippen molar-refractivity contribution in [3.8, 4) is 0 Å². The number of allylic oxidation sites excluding steroid dienone is 1. The number of hydrogen-bond acceptors (Lipinski definition) is 10. The van der Waals surface area contributed by atoms with Gasteiger partial charge in [-0.25, -0.2) is 13.2 Å². The molecule has 13 nitrogen and oxygen atoms in total. The van der Waals surface area contributed by atoms with Gasteiger partial charge in [0.15, 0.2) is 6.29 Å². The van der Waals surface area contributed by atoms with Crippen LogP contribution in [-0.4, -0.2) is 98.9 Å². The number of aliphatic hydroxyl groups is 2. The average molecular weight is 673 g/mol. The van der Waals surface area contributed by atoms with Gasteiger partial charge < -0.3 is 40.4 Å². The molecule has 0 spiro atoms. The summed E-state index contributed by atoms with van der Waals surface area (Å²) in [5.41, 5.74) is 2.51. The SMILES string of the molecule is CC(NCCO)=C1C(=O)Nc2ccc(S(=O)(=O)N(CC(C)C)CC(O)C(Cc3ccccc3)NC(=O)OC3COC4OCCC34)cc21. The molecule has 3 aliphatic rings. The van der Waals surface area contributed by atoms with Gasteiger partial charge >= 0.3 is 6.09 Å². The van der Waals surface area contributed by atoms with Crippen molar-refractivity contribution in [2.24, 2.45) is 11.8 Å². The van der Waals surface area contributed by atoms with Gasteiger partial charge in [0.2, 0.25) is 10.0 Å². The highest BCUT2D eigenvalue weighted by Crippen LogP contribution is 2.36. The lowest BCUT2D eigenvalue weighted by Crippen LogP contribution is -2.51. The van der Waals surface area contributed by atoms with E-state index in [1.165, 1.54) is 16.4 Å². The van der Waals surface area contributed by atoms with Crippen molar-refractivity contribution in [2.45, 2.75) is 63.0 Å². The highest BCUT2D eigenvalue weighted by molar-refractivity contribution is 7.89. The molecular formula is C33H44N4O9S. The van der Waals surface area contributed by atoms with Crippen molar-refractivity contribution in [1.29, 1.82) is 0 Å². The van der Waals surface area contributed by atoms with E-state index in [-0.39, 0.29) is 67.5 Å². The molecule has 5 rings (SSSR count). The third-order valence-electron chi connectivity index (χ3n) is 8.52. The molecule has 2 aromatic rings. The molecule has 2 amide bonds. The minimum atomic E-state index is -4.18. The molecular weight excluding hydrogens is 628 g/mol. The van der Waals surface area contributed by atoms with Crippen LogP contribution < -0.4 is 16.0 Å². The van der Waals surface area contributed by atoms with Gasteiger partial charge in [-0.05, 0) is 49.4 Å². The zero-order valence-corrected chi connectivity index (χ0v) is 27.7. The molecule has 14 heteroatoms. The van der Waals surface area contributed by atoms with E-state index >= 15 is 0 Å². The summed E-state index contributed by atoms with van der Waals surface area (Å²) in [5, 5.41) is 29.3. The Morgan fingerprint density at radius 3 is 2.64 bits per heavy atom. The van der Waals surface area contributed by atoms with Crippen LogP contribution in [0.2, 0.25) is 0 Å². The van der Waals surface area contributed by atoms with Gasteiger partial charge in [0, 0.05) is 36.6 Å². The largest absolute Gasteiger partial charge is 0.443 e. The summed E-state index contributed by atoms with van der Waals surface area (Å²) in [5.74, 6) is -0.536. The number of ether oxygens (including phenoxy) is 3. The highest BCUT2D eigenvalue weighted by atomic mass is 32.2. The molecule has 5 atom stereocenters. The average Bonchev–Trinajstić information content (AvgIpc) is 3.74. The first-order valence-corrected chi connectivity index (χ1v) is 17.4. The Morgan fingerprint density at radius 1 is 1.15 bits per heavy atom. The fourth-order valence-electron chi connectivity index (χ4n) is 6.20. The van der Waals surface area contributed by atoms with E-state index in [9.17, 15) is 28.2 Å². The summed E-state index contributed by atoms with van der Waals surface area (Å²) in [4.78, 5) is 25.9. The molecule has 0 radical (unpaired) electrons. The third kappa shape index (κ3) is 8.13. The first kappa shape index (κ1) is 34.8. The zero-order chi connectivity index (χ0) is 33.7. The number of nitrogens with one attached hydrogen (secondary N) is 3. The predicted octanol–water partition coefficient (Wildman–Crippen LogP) is 2.06. The number of carbonyl (C=O) groups excluding carboxylic acids is 2. The molecule has 3 heterocycles. The Kier molecular flexibility index (Phi) is 11.2. The van der Waals surface area contributed by atoms with Gasteiger partial charge in [0.05, 0.1) is 48.4 Å². The Hall–Kier alpha value is -3.53. The van der Waals surface area contributed by atoms with Crippen LogP contribution in [0.1, 0.15) is 38.3 Å². The number of anilines is 1. The molecule has 2 aromatic carbocycles.